The van der Waals surface area contributed by atoms with Crippen molar-refractivity contribution in [3.05, 3.63) is 53.6 Å². The van der Waals surface area contributed by atoms with Crippen molar-refractivity contribution in [1.82, 2.24) is 5.43 Å². The van der Waals surface area contributed by atoms with Crippen LogP contribution in [0.1, 0.15) is 15.9 Å². The molecular formula is C17H14F4N2O4. The van der Waals surface area contributed by atoms with Crippen LogP contribution in [-0.2, 0) is 0 Å². The van der Waals surface area contributed by atoms with E-state index in [1.165, 1.54) is 37.6 Å². The minimum atomic E-state index is -4.68. The molecule has 2 aromatic rings. The lowest BCUT2D eigenvalue weighted by molar-refractivity contribution is -0.253. The van der Waals surface area contributed by atoms with Gasteiger partial charge in [-0.05, 0) is 42.0 Å². The second-order valence-electron chi connectivity index (χ2n) is 5.12. The van der Waals surface area contributed by atoms with Crippen LogP contribution >= 0.6 is 0 Å². The van der Waals surface area contributed by atoms with E-state index in [-0.39, 0.29) is 17.1 Å². The van der Waals surface area contributed by atoms with Crippen LogP contribution in [0.15, 0.2) is 47.6 Å². The van der Waals surface area contributed by atoms with Crippen molar-refractivity contribution in [2.75, 3.05) is 7.11 Å². The molecule has 0 aliphatic heterocycles. The van der Waals surface area contributed by atoms with Crippen LogP contribution in [0.3, 0.4) is 0 Å². The van der Waals surface area contributed by atoms with Gasteiger partial charge in [-0.25, -0.2) is 5.43 Å². The Kier molecular flexibility index (Phi) is 6.22. The van der Waals surface area contributed by atoms with Crippen LogP contribution in [0.25, 0.3) is 0 Å². The first kappa shape index (κ1) is 20.0. The fourth-order valence-electron chi connectivity index (χ4n) is 1.92. The third-order valence-electron chi connectivity index (χ3n) is 3.19. The monoisotopic (exact) mass is 386 g/mol. The van der Waals surface area contributed by atoms with Crippen molar-refractivity contribution in [1.29, 1.82) is 0 Å². The number of rotatable bonds is 7. The summed E-state index contributed by atoms with van der Waals surface area (Å²) in [5.41, 5.74) is 2.45. The summed E-state index contributed by atoms with van der Waals surface area (Å²) in [5.74, 6) is -1.25. The van der Waals surface area contributed by atoms with Crippen molar-refractivity contribution < 1.29 is 36.9 Å². The number of alkyl halides is 4. The Labute approximate surface area is 151 Å². The fourth-order valence-corrected chi connectivity index (χ4v) is 1.92. The van der Waals surface area contributed by atoms with E-state index in [1.54, 1.807) is 6.07 Å². The summed E-state index contributed by atoms with van der Waals surface area (Å²) >= 11 is 0. The maximum Gasteiger partial charge on any atom is 0.461 e. The first-order valence-electron chi connectivity index (χ1n) is 7.38. The lowest BCUT2D eigenvalue weighted by Gasteiger charge is -2.16. The maximum absolute atomic E-state index is 12.9. The molecule has 0 aliphatic rings. The predicted molar refractivity (Wildman–Crippen MR) is 87.7 cm³/mol. The van der Waals surface area contributed by atoms with Gasteiger partial charge in [0.25, 0.3) is 5.91 Å². The topological polar surface area (TPSA) is 80.2 Å². The number of aromatic hydroxyl groups is 1. The minimum Gasteiger partial charge on any atom is -0.504 e. The first-order chi connectivity index (χ1) is 12.7. The number of hydrazone groups is 1. The van der Waals surface area contributed by atoms with Gasteiger partial charge in [0.2, 0.25) is 0 Å². The Bertz CT molecular complexity index is 843. The number of phenolic OH excluding ortho intramolecular Hbond substituents is 1. The molecule has 0 spiro atoms. The standard InChI is InChI=1S/C17H14F4N2O4/c1-26-14-6-5-10(7-13(14)24)9-22-23-15(25)11-3-2-4-12(8-11)27-17(20,21)16(18)19/h2-9,16,24H,1H3,(H,23,25)/b22-9-. The average Bonchev–Trinajstić information content (AvgIpc) is 2.61. The van der Waals surface area contributed by atoms with Gasteiger partial charge in [0.15, 0.2) is 11.5 Å². The molecule has 0 bridgehead atoms. The van der Waals surface area contributed by atoms with Crippen LogP contribution in [-0.4, -0.2) is 36.9 Å². The smallest absolute Gasteiger partial charge is 0.461 e. The zero-order valence-corrected chi connectivity index (χ0v) is 13.8. The van der Waals surface area contributed by atoms with E-state index in [9.17, 15) is 27.5 Å². The predicted octanol–water partition coefficient (Wildman–Crippen LogP) is 3.40. The van der Waals surface area contributed by atoms with E-state index in [0.29, 0.717) is 5.56 Å². The summed E-state index contributed by atoms with van der Waals surface area (Å²) in [6.07, 6.45) is -7.47. The van der Waals surface area contributed by atoms with Crippen molar-refractivity contribution in [3.8, 4) is 17.2 Å². The lowest BCUT2D eigenvalue weighted by atomic mass is 10.2. The number of hydrogen-bond acceptors (Lipinski definition) is 5. The van der Waals surface area contributed by atoms with Gasteiger partial charge in [-0.15, -0.1) is 0 Å². The highest BCUT2D eigenvalue weighted by molar-refractivity contribution is 5.95. The van der Waals surface area contributed by atoms with Crippen LogP contribution in [0.5, 0.6) is 17.2 Å². The molecule has 0 aromatic heterocycles. The normalized spacial score (nSPS) is 11.6. The van der Waals surface area contributed by atoms with Gasteiger partial charge in [0, 0.05) is 5.56 Å². The molecule has 6 nitrogen and oxygen atoms in total. The molecule has 0 radical (unpaired) electrons. The molecule has 0 saturated heterocycles. The summed E-state index contributed by atoms with van der Waals surface area (Å²) < 4.78 is 59.0. The van der Waals surface area contributed by atoms with Gasteiger partial charge in [0.1, 0.15) is 5.75 Å². The molecule has 144 valence electrons. The Morgan fingerprint density at radius 3 is 2.63 bits per heavy atom. The zero-order valence-electron chi connectivity index (χ0n) is 13.8. The Balaban J connectivity index is 2.04. The summed E-state index contributed by atoms with van der Waals surface area (Å²) in [6, 6.07) is 8.73. The minimum absolute atomic E-state index is 0.127. The van der Waals surface area contributed by atoms with Crippen LogP contribution in [0.2, 0.25) is 0 Å². The van der Waals surface area contributed by atoms with Gasteiger partial charge in [-0.2, -0.15) is 22.7 Å². The molecule has 0 unspecified atom stereocenters. The van der Waals surface area contributed by atoms with Crippen LogP contribution in [0.4, 0.5) is 17.6 Å². The summed E-state index contributed by atoms with van der Waals surface area (Å²) in [4.78, 5) is 12.0. The average molecular weight is 386 g/mol. The Morgan fingerprint density at radius 2 is 2.00 bits per heavy atom. The van der Waals surface area contributed by atoms with Gasteiger partial charge in [-0.3, -0.25) is 4.79 Å². The molecule has 2 N–H and O–H groups in total. The number of halogens is 4. The van der Waals surface area contributed by atoms with E-state index >= 15 is 0 Å². The number of ether oxygens (including phenoxy) is 2. The molecule has 10 heteroatoms. The van der Waals surface area contributed by atoms with E-state index in [0.717, 1.165) is 12.1 Å². The molecule has 27 heavy (non-hydrogen) atoms. The quantitative estimate of drug-likeness (QED) is 0.434. The Hall–Kier alpha value is -3.30. The molecule has 0 fully saturated rings. The number of carbonyl (C=O) groups excluding carboxylic acids is 1. The van der Waals surface area contributed by atoms with Gasteiger partial charge in [-0.1, -0.05) is 6.07 Å². The number of hydrogen-bond donors (Lipinski definition) is 2. The molecule has 2 aromatic carbocycles. The van der Waals surface area contributed by atoms with E-state index in [4.69, 9.17) is 4.74 Å². The maximum atomic E-state index is 12.9. The van der Waals surface area contributed by atoms with E-state index < -0.39 is 24.2 Å². The molecule has 0 saturated carbocycles. The zero-order chi connectivity index (χ0) is 20.0. The highest BCUT2D eigenvalue weighted by Crippen LogP contribution is 2.28. The van der Waals surface area contributed by atoms with Crippen molar-refractivity contribution in [3.63, 3.8) is 0 Å². The fraction of sp³-hybridized carbons (Fsp3) is 0.176. The number of phenols is 1. The highest BCUT2D eigenvalue weighted by Gasteiger charge is 2.44. The van der Waals surface area contributed by atoms with Gasteiger partial charge >= 0.3 is 12.5 Å². The van der Waals surface area contributed by atoms with Gasteiger partial charge in [0.05, 0.1) is 13.3 Å². The second-order valence-corrected chi connectivity index (χ2v) is 5.12. The summed E-state index contributed by atoms with van der Waals surface area (Å²) in [5, 5.41) is 13.3. The molecule has 2 rings (SSSR count). The van der Waals surface area contributed by atoms with Crippen molar-refractivity contribution in [2.45, 2.75) is 12.5 Å². The second kappa shape index (κ2) is 8.39. The molecule has 0 heterocycles. The van der Waals surface area contributed by atoms with Crippen LogP contribution < -0.4 is 14.9 Å². The third-order valence-corrected chi connectivity index (χ3v) is 3.19. The van der Waals surface area contributed by atoms with Crippen molar-refractivity contribution in [2.24, 2.45) is 5.10 Å². The SMILES string of the molecule is COc1ccc(/C=N\NC(=O)c2cccc(OC(F)(F)C(F)F)c2)cc1O. The number of nitrogens with one attached hydrogen (secondary N) is 1. The van der Waals surface area contributed by atoms with E-state index in [1.807, 2.05) is 0 Å². The largest absolute Gasteiger partial charge is 0.504 e. The number of benzene rings is 2. The van der Waals surface area contributed by atoms with Gasteiger partial charge < -0.3 is 14.6 Å². The molecular weight excluding hydrogens is 372 g/mol. The number of carbonyl (C=O) groups is 1. The number of amides is 1. The number of nitrogens with zero attached hydrogens (tertiary/aromatic N) is 1. The molecule has 1 amide bonds. The highest BCUT2D eigenvalue weighted by atomic mass is 19.3. The van der Waals surface area contributed by atoms with Crippen LogP contribution in [0, 0.1) is 0 Å². The summed E-state index contributed by atoms with van der Waals surface area (Å²) in [6.45, 7) is 0. The van der Waals surface area contributed by atoms with E-state index in [2.05, 4.69) is 15.3 Å². The number of methoxy groups -OCH3 is 1. The Morgan fingerprint density at radius 1 is 1.26 bits per heavy atom. The lowest BCUT2D eigenvalue weighted by Crippen LogP contribution is -2.33. The molecule has 0 aliphatic carbocycles. The third kappa shape index (κ3) is 5.33. The first-order valence-corrected chi connectivity index (χ1v) is 7.38. The summed E-state index contributed by atoms with van der Waals surface area (Å²) in [7, 11) is 1.39. The molecule has 0 atom stereocenters. The van der Waals surface area contributed by atoms with Crippen molar-refractivity contribution >= 4 is 12.1 Å².